The molecular formula is C17H19NOS. The number of hydrogen-bond donors (Lipinski definition) is 1. The van der Waals surface area contributed by atoms with Crippen LogP contribution in [-0.4, -0.2) is 18.1 Å². The second-order valence-electron chi connectivity index (χ2n) is 5.07. The highest BCUT2D eigenvalue weighted by Gasteiger charge is 2.26. The molecule has 20 heavy (non-hydrogen) atoms. The predicted octanol–water partition coefficient (Wildman–Crippen LogP) is 4.22. The second kappa shape index (κ2) is 5.90. The molecule has 1 aliphatic rings. The lowest BCUT2D eigenvalue weighted by atomic mass is 9.94. The number of rotatable bonds is 4. The van der Waals surface area contributed by atoms with Crippen molar-refractivity contribution in [1.82, 2.24) is 5.32 Å². The maximum absolute atomic E-state index is 6.00. The number of para-hydroxylation sites is 2. The Kier molecular flexibility index (Phi) is 3.99. The Labute approximate surface area is 124 Å². The molecule has 0 spiro atoms. The fourth-order valence-corrected chi connectivity index (χ4v) is 2.76. The first-order valence-corrected chi connectivity index (χ1v) is 8.20. The Balaban J connectivity index is 1.95. The van der Waals surface area contributed by atoms with Gasteiger partial charge in [-0.15, -0.1) is 0 Å². The van der Waals surface area contributed by atoms with E-state index >= 15 is 0 Å². The summed E-state index contributed by atoms with van der Waals surface area (Å²) in [6, 6.07) is 16.8. The zero-order valence-electron chi connectivity index (χ0n) is 11.8. The largest absolute Gasteiger partial charge is 0.457 e. The van der Waals surface area contributed by atoms with Gasteiger partial charge in [0.05, 0.1) is 6.04 Å². The van der Waals surface area contributed by atoms with Gasteiger partial charge in [-0.2, -0.15) is 11.8 Å². The molecule has 2 aromatic carbocycles. The summed E-state index contributed by atoms with van der Waals surface area (Å²) in [7, 11) is 0. The summed E-state index contributed by atoms with van der Waals surface area (Å²) >= 11 is 1.88. The van der Waals surface area contributed by atoms with Gasteiger partial charge >= 0.3 is 0 Å². The summed E-state index contributed by atoms with van der Waals surface area (Å²) in [5, 5.41) is 4.28. The van der Waals surface area contributed by atoms with Crippen LogP contribution in [0.15, 0.2) is 48.5 Å². The van der Waals surface area contributed by atoms with Crippen LogP contribution in [0.5, 0.6) is 11.5 Å². The third-order valence-corrected chi connectivity index (χ3v) is 4.66. The lowest BCUT2D eigenvalue weighted by molar-refractivity contribution is 0.428. The van der Waals surface area contributed by atoms with E-state index in [9.17, 15) is 0 Å². The van der Waals surface area contributed by atoms with E-state index in [4.69, 9.17) is 4.74 Å². The predicted molar refractivity (Wildman–Crippen MR) is 85.8 cm³/mol. The van der Waals surface area contributed by atoms with E-state index in [1.54, 1.807) is 0 Å². The van der Waals surface area contributed by atoms with E-state index < -0.39 is 0 Å². The lowest BCUT2D eigenvalue weighted by Crippen LogP contribution is -2.30. The van der Waals surface area contributed by atoms with Crippen molar-refractivity contribution in [2.45, 2.75) is 18.2 Å². The summed E-state index contributed by atoms with van der Waals surface area (Å²) < 4.78 is 6.00. The van der Waals surface area contributed by atoms with Crippen LogP contribution in [0.2, 0.25) is 0 Å². The first kappa shape index (κ1) is 13.5. The van der Waals surface area contributed by atoms with Crippen LogP contribution in [0.1, 0.15) is 24.1 Å². The van der Waals surface area contributed by atoms with Gasteiger partial charge in [0.25, 0.3) is 0 Å². The van der Waals surface area contributed by atoms with Crippen molar-refractivity contribution in [2.24, 2.45) is 0 Å². The Hall–Kier alpha value is -1.45. The highest BCUT2D eigenvalue weighted by molar-refractivity contribution is 7.99. The van der Waals surface area contributed by atoms with Crippen LogP contribution in [0.4, 0.5) is 0 Å². The number of ether oxygens (including phenoxy) is 1. The van der Waals surface area contributed by atoms with Gasteiger partial charge in [-0.25, -0.2) is 0 Å². The van der Waals surface area contributed by atoms with Gasteiger partial charge in [0.2, 0.25) is 0 Å². The monoisotopic (exact) mass is 285 g/mol. The number of hydrogen-bond acceptors (Lipinski definition) is 3. The highest BCUT2D eigenvalue weighted by atomic mass is 32.2. The smallest absolute Gasteiger partial charge is 0.132 e. The third kappa shape index (κ3) is 2.56. The molecule has 2 aromatic rings. The minimum atomic E-state index is 0.214. The minimum absolute atomic E-state index is 0.214. The molecule has 0 bridgehead atoms. The normalized spacial score (nSPS) is 15.1. The first-order valence-electron chi connectivity index (χ1n) is 6.91. The number of thioether (sulfide) groups is 1. The van der Waals surface area contributed by atoms with Crippen molar-refractivity contribution >= 4 is 11.8 Å². The Morgan fingerprint density at radius 1 is 1.05 bits per heavy atom. The molecular weight excluding hydrogens is 266 g/mol. The van der Waals surface area contributed by atoms with Crippen LogP contribution in [0.25, 0.3) is 0 Å². The van der Waals surface area contributed by atoms with Crippen molar-refractivity contribution in [3.05, 3.63) is 59.7 Å². The van der Waals surface area contributed by atoms with Crippen molar-refractivity contribution in [3.8, 4) is 11.5 Å². The lowest BCUT2D eigenvalue weighted by Gasteiger charge is -2.29. The average Bonchev–Trinajstić information content (AvgIpc) is 2.51. The average molecular weight is 285 g/mol. The molecule has 0 amide bonds. The zero-order chi connectivity index (χ0) is 13.9. The molecule has 0 aliphatic carbocycles. The number of fused-ring (bicyclic) bond motifs is 2. The van der Waals surface area contributed by atoms with Crippen LogP contribution in [-0.2, 0) is 0 Å². The van der Waals surface area contributed by atoms with Gasteiger partial charge < -0.3 is 10.1 Å². The molecule has 1 atom stereocenters. The molecule has 0 radical (unpaired) electrons. The standard InChI is InChI=1S/C17H19NOS/c1-12(20-2)11-18-17-13-7-3-5-9-15(13)19-16-10-6-4-8-14(16)17/h3-10,12,17-18H,11H2,1-2H3. The molecule has 0 fully saturated rings. The van der Waals surface area contributed by atoms with E-state index in [1.807, 2.05) is 36.0 Å². The summed E-state index contributed by atoms with van der Waals surface area (Å²) in [5.74, 6) is 1.92. The van der Waals surface area contributed by atoms with Crippen LogP contribution in [0.3, 0.4) is 0 Å². The quantitative estimate of drug-likeness (QED) is 0.908. The van der Waals surface area contributed by atoms with E-state index in [2.05, 4.69) is 42.8 Å². The molecule has 1 N–H and O–H groups in total. The maximum Gasteiger partial charge on any atom is 0.132 e. The fraction of sp³-hybridized carbons (Fsp3) is 0.294. The van der Waals surface area contributed by atoms with Crippen molar-refractivity contribution in [1.29, 1.82) is 0 Å². The van der Waals surface area contributed by atoms with Gasteiger partial charge in [-0.05, 0) is 18.4 Å². The van der Waals surface area contributed by atoms with Crippen molar-refractivity contribution < 1.29 is 4.74 Å². The molecule has 104 valence electrons. The fourth-order valence-electron chi connectivity index (χ4n) is 2.50. The Morgan fingerprint density at radius 2 is 1.60 bits per heavy atom. The van der Waals surface area contributed by atoms with Crippen molar-refractivity contribution in [2.75, 3.05) is 12.8 Å². The SMILES string of the molecule is CSC(C)CNC1c2ccccc2Oc2ccccc21. The molecule has 2 nitrogen and oxygen atoms in total. The highest BCUT2D eigenvalue weighted by Crippen LogP contribution is 2.42. The van der Waals surface area contributed by atoms with Crippen LogP contribution in [0, 0.1) is 0 Å². The van der Waals surface area contributed by atoms with Gasteiger partial charge in [0.15, 0.2) is 0 Å². The molecule has 1 aliphatic heterocycles. The van der Waals surface area contributed by atoms with Gasteiger partial charge in [0, 0.05) is 22.9 Å². The topological polar surface area (TPSA) is 21.3 Å². The van der Waals surface area contributed by atoms with Crippen molar-refractivity contribution in [3.63, 3.8) is 0 Å². The number of nitrogens with one attached hydrogen (secondary N) is 1. The van der Waals surface area contributed by atoms with E-state index in [1.165, 1.54) is 11.1 Å². The molecule has 3 rings (SSSR count). The second-order valence-corrected chi connectivity index (χ2v) is 6.34. The van der Waals surface area contributed by atoms with E-state index in [-0.39, 0.29) is 6.04 Å². The third-order valence-electron chi connectivity index (χ3n) is 3.69. The Bertz CT molecular complexity index is 554. The molecule has 1 heterocycles. The number of benzene rings is 2. The van der Waals surface area contributed by atoms with E-state index in [0.717, 1.165) is 18.0 Å². The summed E-state index contributed by atoms with van der Waals surface area (Å²) in [5.41, 5.74) is 2.44. The molecule has 1 unspecified atom stereocenters. The maximum atomic E-state index is 6.00. The first-order chi connectivity index (χ1) is 9.79. The zero-order valence-corrected chi connectivity index (χ0v) is 12.6. The molecule has 0 aromatic heterocycles. The molecule has 0 saturated heterocycles. The Morgan fingerprint density at radius 3 is 2.15 bits per heavy atom. The van der Waals surface area contributed by atoms with E-state index in [0.29, 0.717) is 5.25 Å². The van der Waals surface area contributed by atoms with Gasteiger partial charge in [0.1, 0.15) is 11.5 Å². The van der Waals surface area contributed by atoms with Crippen LogP contribution < -0.4 is 10.1 Å². The van der Waals surface area contributed by atoms with Crippen LogP contribution >= 0.6 is 11.8 Å². The minimum Gasteiger partial charge on any atom is -0.457 e. The summed E-state index contributed by atoms with van der Waals surface area (Å²) in [4.78, 5) is 0. The molecule has 0 saturated carbocycles. The van der Waals surface area contributed by atoms with Gasteiger partial charge in [-0.3, -0.25) is 0 Å². The summed E-state index contributed by atoms with van der Waals surface area (Å²) in [6.07, 6.45) is 2.15. The molecule has 3 heteroatoms. The summed E-state index contributed by atoms with van der Waals surface area (Å²) in [6.45, 7) is 3.23. The van der Waals surface area contributed by atoms with Gasteiger partial charge in [-0.1, -0.05) is 43.3 Å².